The summed E-state index contributed by atoms with van der Waals surface area (Å²) in [6, 6.07) is 3.70. The third-order valence-corrected chi connectivity index (χ3v) is 4.55. The number of benzene rings is 1. The van der Waals surface area contributed by atoms with Crippen LogP contribution in [0.1, 0.15) is 36.0 Å². The maximum absolute atomic E-state index is 6.22. The summed E-state index contributed by atoms with van der Waals surface area (Å²) in [6.07, 6.45) is 2.17. The number of piperidine rings is 1. The number of nitrogens with zero attached hydrogens (tertiary/aromatic N) is 3. The third-order valence-electron chi connectivity index (χ3n) is 4.33. The van der Waals surface area contributed by atoms with Gasteiger partial charge in [-0.3, -0.25) is 4.90 Å². The number of hydrogen-bond donors (Lipinski definition) is 0. The molecule has 1 aliphatic rings. The molecular formula is C17H22ClN3O3. The second-order valence-corrected chi connectivity index (χ2v) is 6.48. The van der Waals surface area contributed by atoms with E-state index in [2.05, 4.69) is 15.0 Å². The first-order valence-corrected chi connectivity index (χ1v) is 8.41. The number of aromatic nitrogens is 2. The lowest BCUT2D eigenvalue weighted by molar-refractivity contribution is 0.192. The van der Waals surface area contributed by atoms with Gasteiger partial charge in [0.1, 0.15) is 0 Å². The van der Waals surface area contributed by atoms with E-state index in [9.17, 15) is 0 Å². The number of methoxy groups -OCH3 is 2. The van der Waals surface area contributed by atoms with E-state index >= 15 is 0 Å². The maximum Gasteiger partial charge on any atom is 0.223 e. The van der Waals surface area contributed by atoms with Crippen LogP contribution in [0.4, 0.5) is 0 Å². The first-order valence-electron chi connectivity index (χ1n) is 8.03. The van der Waals surface area contributed by atoms with Crippen molar-refractivity contribution in [3.8, 4) is 11.5 Å². The second kappa shape index (κ2) is 7.40. The molecule has 0 amide bonds. The molecule has 1 aliphatic heterocycles. The molecule has 3 rings (SSSR count). The predicted molar refractivity (Wildman–Crippen MR) is 90.8 cm³/mol. The van der Waals surface area contributed by atoms with Crippen molar-refractivity contribution in [2.45, 2.75) is 32.2 Å². The summed E-state index contributed by atoms with van der Waals surface area (Å²) in [7, 11) is 3.27. The van der Waals surface area contributed by atoms with Crippen LogP contribution < -0.4 is 9.47 Å². The molecule has 0 unspecified atom stereocenters. The van der Waals surface area contributed by atoms with Crippen molar-refractivity contribution in [2.75, 3.05) is 27.3 Å². The van der Waals surface area contributed by atoms with Crippen LogP contribution in [0.15, 0.2) is 16.7 Å². The van der Waals surface area contributed by atoms with Crippen LogP contribution in [-0.2, 0) is 6.54 Å². The Kier molecular flexibility index (Phi) is 5.26. The Labute approximate surface area is 146 Å². The molecule has 0 aliphatic carbocycles. The average molecular weight is 352 g/mol. The van der Waals surface area contributed by atoms with Gasteiger partial charge in [0.05, 0.1) is 14.2 Å². The molecule has 0 N–H and O–H groups in total. The van der Waals surface area contributed by atoms with Gasteiger partial charge in [0, 0.05) is 42.6 Å². The highest BCUT2D eigenvalue weighted by Gasteiger charge is 2.26. The molecule has 1 aromatic heterocycles. The minimum Gasteiger partial charge on any atom is -0.493 e. The van der Waals surface area contributed by atoms with Crippen LogP contribution in [0.25, 0.3) is 0 Å². The average Bonchev–Trinajstić information content (AvgIpc) is 3.01. The topological polar surface area (TPSA) is 60.6 Å². The molecule has 1 atom stereocenters. The van der Waals surface area contributed by atoms with Crippen molar-refractivity contribution in [3.05, 3.63) is 34.4 Å². The van der Waals surface area contributed by atoms with Crippen molar-refractivity contribution < 1.29 is 14.0 Å². The lowest BCUT2D eigenvalue weighted by Crippen LogP contribution is -2.34. The van der Waals surface area contributed by atoms with Gasteiger partial charge in [-0.25, -0.2) is 0 Å². The molecule has 2 aromatic rings. The van der Waals surface area contributed by atoms with Crippen LogP contribution in [-0.4, -0.2) is 42.3 Å². The number of halogens is 1. The zero-order valence-corrected chi connectivity index (χ0v) is 15.0. The summed E-state index contributed by atoms with van der Waals surface area (Å²) in [5.41, 5.74) is 1.02. The molecule has 0 saturated carbocycles. The van der Waals surface area contributed by atoms with E-state index in [4.69, 9.17) is 25.6 Å². The van der Waals surface area contributed by atoms with Crippen molar-refractivity contribution in [3.63, 3.8) is 0 Å². The zero-order chi connectivity index (χ0) is 17.1. The van der Waals surface area contributed by atoms with Crippen LogP contribution in [0, 0.1) is 6.92 Å². The highest BCUT2D eigenvalue weighted by atomic mass is 35.5. The summed E-state index contributed by atoms with van der Waals surface area (Å²) in [5.74, 6) is 3.10. The van der Waals surface area contributed by atoms with Crippen LogP contribution in [0.2, 0.25) is 5.02 Å². The lowest BCUT2D eigenvalue weighted by Gasteiger charge is -2.31. The molecule has 6 nitrogen and oxygen atoms in total. The Bertz CT molecular complexity index is 704. The smallest absolute Gasteiger partial charge is 0.223 e. The van der Waals surface area contributed by atoms with Gasteiger partial charge < -0.3 is 14.0 Å². The monoisotopic (exact) mass is 351 g/mol. The zero-order valence-electron chi connectivity index (χ0n) is 14.2. The van der Waals surface area contributed by atoms with E-state index in [0.29, 0.717) is 22.6 Å². The van der Waals surface area contributed by atoms with E-state index in [1.807, 2.05) is 13.0 Å². The van der Waals surface area contributed by atoms with Crippen molar-refractivity contribution in [1.82, 2.24) is 15.0 Å². The Morgan fingerprint density at radius 1 is 1.33 bits per heavy atom. The molecule has 130 valence electrons. The second-order valence-electron chi connectivity index (χ2n) is 6.05. The fourth-order valence-electron chi connectivity index (χ4n) is 3.26. The van der Waals surface area contributed by atoms with Gasteiger partial charge in [-0.1, -0.05) is 16.8 Å². The summed E-state index contributed by atoms with van der Waals surface area (Å²) in [5, 5.41) is 4.72. The van der Waals surface area contributed by atoms with Crippen molar-refractivity contribution >= 4 is 11.6 Å². The Morgan fingerprint density at radius 3 is 2.83 bits per heavy atom. The summed E-state index contributed by atoms with van der Waals surface area (Å²) >= 11 is 6.22. The van der Waals surface area contributed by atoms with E-state index in [0.717, 1.165) is 49.6 Å². The summed E-state index contributed by atoms with van der Waals surface area (Å²) < 4.78 is 16.0. The molecule has 0 spiro atoms. The Morgan fingerprint density at radius 2 is 2.17 bits per heavy atom. The fourth-order valence-corrected chi connectivity index (χ4v) is 3.49. The Balaban J connectivity index is 1.77. The van der Waals surface area contributed by atoms with Gasteiger partial charge in [0.25, 0.3) is 0 Å². The lowest BCUT2D eigenvalue weighted by atomic mass is 9.97. The van der Waals surface area contributed by atoms with E-state index in [1.54, 1.807) is 20.3 Å². The van der Waals surface area contributed by atoms with E-state index in [-0.39, 0.29) is 0 Å². The molecular weight excluding hydrogens is 330 g/mol. The van der Waals surface area contributed by atoms with Crippen molar-refractivity contribution in [2.24, 2.45) is 0 Å². The summed E-state index contributed by atoms with van der Waals surface area (Å²) in [6.45, 7) is 4.47. The molecule has 2 heterocycles. The number of likely N-dealkylation sites (tertiary alicyclic amines) is 1. The fraction of sp³-hybridized carbons (Fsp3) is 0.529. The first-order chi connectivity index (χ1) is 11.6. The molecule has 1 aromatic carbocycles. The van der Waals surface area contributed by atoms with E-state index < -0.39 is 0 Å². The molecule has 7 heteroatoms. The number of hydrogen-bond acceptors (Lipinski definition) is 6. The minimum absolute atomic E-state index is 0.295. The highest BCUT2D eigenvalue weighted by molar-refractivity contribution is 6.30. The minimum atomic E-state index is 0.295. The quantitative estimate of drug-likeness (QED) is 0.822. The maximum atomic E-state index is 6.22. The molecule has 1 saturated heterocycles. The van der Waals surface area contributed by atoms with Gasteiger partial charge in [0.15, 0.2) is 17.3 Å². The first kappa shape index (κ1) is 17.0. The van der Waals surface area contributed by atoms with Gasteiger partial charge in [-0.15, -0.1) is 0 Å². The normalized spacial score (nSPS) is 18.6. The van der Waals surface area contributed by atoms with Crippen LogP contribution in [0.3, 0.4) is 0 Å². The SMILES string of the molecule is COc1cc(Cl)cc(CN2CCC[C@@H](c3noc(C)n3)C2)c1OC. The molecule has 1 fully saturated rings. The number of aryl methyl sites for hydroxylation is 1. The van der Waals surface area contributed by atoms with Gasteiger partial charge in [0.2, 0.25) is 5.89 Å². The van der Waals surface area contributed by atoms with Crippen LogP contribution in [0.5, 0.6) is 11.5 Å². The van der Waals surface area contributed by atoms with E-state index in [1.165, 1.54) is 0 Å². The molecule has 24 heavy (non-hydrogen) atoms. The highest BCUT2D eigenvalue weighted by Crippen LogP contribution is 2.36. The molecule has 0 bridgehead atoms. The number of rotatable bonds is 5. The molecule has 0 radical (unpaired) electrons. The predicted octanol–water partition coefficient (Wildman–Crippen LogP) is 3.43. The standard InChI is InChI=1S/C17H22ClN3O3/c1-11-19-17(20-24-11)12-5-4-6-21(9-12)10-13-7-14(18)8-15(22-2)16(13)23-3/h7-8,12H,4-6,9-10H2,1-3H3/t12-/m1/s1. The largest absolute Gasteiger partial charge is 0.493 e. The summed E-state index contributed by atoms with van der Waals surface area (Å²) in [4.78, 5) is 6.75. The Hall–Kier alpha value is -1.79. The van der Waals surface area contributed by atoms with Crippen LogP contribution >= 0.6 is 11.6 Å². The number of ether oxygens (including phenoxy) is 2. The third kappa shape index (κ3) is 3.65. The van der Waals surface area contributed by atoms with Gasteiger partial charge in [-0.05, 0) is 25.5 Å². The van der Waals surface area contributed by atoms with Gasteiger partial charge >= 0.3 is 0 Å². The van der Waals surface area contributed by atoms with Crippen molar-refractivity contribution in [1.29, 1.82) is 0 Å². The van der Waals surface area contributed by atoms with Gasteiger partial charge in [-0.2, -0.15) is 4.98 Å².